The Morgan fingerprint density at radius 1 is 1.38 bits per heavy atom. The minimum Gasteiger partial charge on any atom is -0.478 e. The maximum Gasteiger partial charge on any atom is 0.337 e. The summed E-state index contributed by atoms with van der Waals surface area (Å²) in [4.78, 5) is 10.7. The van der Waals surface area contributed by atoms with Gasteiger partial charge < -0.3 is 15.9 Å². The highest BCUT2D eigenvalue weighted by Crippen LogP contribution is 2.19. The fraction of sp³-hybridized carbons (Fsp3) is 0.462. The molecule has 0 aliphatic rings. The van der Waals surface area contributed by atoms with Crippen LogP contribution in [0.15, 0.2) is 23.1 Å². The Morgan fingerprint density at radius 2 is 2.00 bits per heavy atom. The van der Waals surface area contributed by atoms with E-state index in [-0.39, 0.29) is 23.7 Å². The number of carboxylic acids is 1. The fourth-order valence-electron chi connectivity index (χ4n) is 1.85. The first kappa shape index (κ1) is 17.4. The number of anilines is 1. The van der Waals surface area contributed by atoms with E-state index >= 15 is 0 Å². The molecule has 0 amide bonds. The predicted octanol–water partition coefficient (Wildman–Crippen LogP) is 0.652. The molecular weight excluding hydrogens is 296 g/mol. The van der Waals surface area contributed by atoms with E-state index in [1.807, 2.05) is 13.8 Å². The lowest BCUT2D eigenvalue weighted by molar-refractivity contribution is 0.0692. The van der Waals surface area contributed by atoms with Gasteiger partial charge in [-0.3, -0.25) is 0 Å². The fourth-order valence-corrected chi connectivity index (χ4v) is 3.15. The third kappa shape index (κ3) is 5.00. The molecule has 0 fully saturated rings. The lowest BCUT2D eigenvalue weighted by atomic mass is 10.1. The molecule has 0 spiro atoms. The van der Waals surface area contributed by atoms with Gasteiger partial charge in [-0.05, 0) is 30.5 Å². The van der Waals surface area contributed by atoms with Gasteiger partial charge in [0.1, 0.15) is 0 Å². The summed E-state index contributed by atoms with van der Waals surface area (Å²) in [6.45, 7) is 3.62. The number of aliphatic hydroxyl groups is 1. The van der Waals surface area contributed by atoms with Gasteiger partial charge in [-0.25, -0.2) is 17.9 Å². The zero-order chi connectivity index (χ0) is 16.2. The summed E-state index contributed by atoms with van der Waals surface area (Å²) in [5.41, 5.74) is 5.29. The number of carbonyl (C=O) groups is 1. The lowest BCUT2D eigenvalue weighted by Gasteiger charge is -2.15. The van der Waals surface area contributed by atoms with Crippen molar-refractivity contribution in [2.45, 2.75) is 31.3 Å². The number of nitrogens with two attached hydrogens (primary N) is 1. The van der Waals surface area contributed by atoms with Crippen molar-refractivity contribution >= 4 is 21.7 Å². The van der Waals surface area contributed by atoms with Crippen molar-refractivity contribution < 1.29 is 23.4 Å². The van der Waals surface area contributed by atoms with Crippen LogP contribution in [-0.4, -0.2) is 37.2 Å². The molecule has 1 rings (SSSR count). The second-order valence-corrected chi connectivity index (χ2v) is 6.93. The summed E-state index contributed by atoms with van der Waals surface area (Å²) in [7, 11) is -4.06. The average molecular weight is 316 g/mol. The van der Waals surface area contributed by atoms with Crippen LogP contribution in [0.1, 0.15) is 30.6 Å². The molecule has 5 N–H and O–H groups in total. The zero-order valence-electron chi connectivity index (χ0n) is 11.9. The summed E-state index contributed by atoms with van der Waals surface area (Å²) in [6.07, 6.45) is -0.403. The Kier molecular flexibility index (Phi) is 5.70. The van der Waals surface area contributed by atoms with Gasteiger partial charge in [0.15, 0.2) is 0 Å². The molecule has 0 radical (unpaired) electrons. The summed E-state index contributed by atoms with van der Waals surface area (Å²) >= 11 is 0. The van der Waals surface area contributed by atoms with E-state index in [4.69, 9.17) is 10.8 Å². The number of sulfonamides is 1. The molecule has 1 unspecified atom stereocenters. The van der Waals surface area contributed by atoms with Gasteiger partial charge in [-0.2, -0.15) is 0 Å². The molecule has 0 aromatic heterocycles. The van der Waals surface area contributed by atoms with E-state index < -0.39 is 27.0 Å². The maximum absolute atomic E-state index is 12.2. The molecule has 0 heterocycles. The molecule has 0 bridgehead atoms. The van der Waals surface area contributed by atoms with E-state index in [2.05, 4.69) is 4.72 Å². The van der Waals surface area contributed by atoms with E-state index in [9.17, 15) is 18.3 Å². The number of carboxylic acid groups (broad SMARTS) is 1. The highest BCUT2D eigenvalue weighted by molar-refractivity contribution is 7.89. The molecule has 0 saturated heterocycles. The number of rotatable bonds is 7. The molecule has 1 atom stereocenters. The number of hydrogen-bond acceptors (Lipinski definition) is 5. The Morgan fingerprint density at radius 3 is 2.52 bits per heavy atom. The normalized spacial score (nSPS) is 13.3. The minimum absolute atomic E-state index is 0.142. The topological polar surface area (TPSA) is 130 Å². The number of aliphatic hydroxyl groups excluding tert-OH is 1. The van der Waals surface area contributed by atoms with Crippen LogP contribution in [0.4, 0.5) is 5.69 Å². The maximum atomic E-state index is 12.2. The average Bonchev–Trinajstić information content (AvgIpc) is 2.35. The number of nitrogen functional groups attached to an aromatic ring is 1. The first-order valence-corrected chi connectivity index (χ1v) is 7.92. The van der Waals surface area contributed by atoms with Gasteiger partial charge in [0.25, 0.3) is 0 Å². The van der Waals surface area contributed by atoms with E-state index in [1.54, 1.807) is 0 Å². The molecule has 1 aromatic carbocycles. The van der Waals surface area contributed by atoms with Crippen LogP contribution in [-0.2, 0) is 10.0 Å². The lowest BCUT2D eigenvalue weighted by Crippen LogP contribution is -2.33. The highest BCUT2D eigenvalue weighted by atomic mass is 32.2. The van der Waals surface area contributed by atoms with Crippen LogP contribution in [0.2, 0.25) is 0 Å². The second-order valence-electron chi connectivity index (χ2n) is 5.20. The quantitative estimate of drug-likeness (QED) is 0.547. The van der Waals surface area contributed by atoms with Crippen molar-refractivity contribution in [3.63, 3.8) is 0 Å². The second kappa shape index (κ2) is 6.88. The Hall–Kier alpha value is -1.64. The van der Waals surface area contributed by atoms with Crippen LogP contribution >= 0.6 is 0 Å². The largest absolute Gasteiger partial charge is 0.478 e. The molecule has 7 nitrogen and oxygen atoms in total. The first-order chi connectivity index (χ1) is 9.63. The van der Waals surface area contributed by atoms with Gasteiger partial charge in [0.2, 0.25) is 10.0 Å². The molecule has 0 aliphatic heterocycles. The molecule has 21 heavy (non-hydrogen) atoms. The Bertz CT molecular complexity index is 613. The third-order valence-corrected chi connectivity index (χ3v) is 4.24. The first-order valence-electron chi connectivity index (χ1n) is 6.44. The van der Waals surface area contributed by atoms with E-state index in [1.165, 1.54) is 6.07 Å². The standard InChI is InChI=1S/C13H20N2O5S/c1-8(2)5-10(16)7-15-21(19,20)12-6-9(14)3-4-11(12)13(17)18/h3-4,6,8,10,15-16H,5,7,14H2,1-2H3,(H,17,18). The van der Waals surface area contributed by atoms with Gasteiger partial charge in [-0.15, -0.1) is 0 Å². The van der Waals surface area contributed by atoms with Crippen molar-refractivity contribution in [1.82, 2.24) is 4.72 Å². The Labute approximate surface area is 123 Å². The monoisotopic (exact) mass is 316 g/mol. The van der Waals surface area contributed by atoms with Crippen LogP contribution in [0.3, 0.4) is 0 Å². The number of benzene rings is 1. The third-order valence-electron chi connectivity index (χ3n) is 2.78. The number of nitrogens with one attached hydrogen (secondary N) is 1. The van der Waals surface area contributed by atoms with Gasteiger partial charge >= 0.3 is 5.97 Å². The highest BCUT2D eigenvalue weighted by Gasteiger charge is 2.23. The van der Waals surface area contributed by atoms with Crippen molar-refractivity contribution in [2.24, 2.45) is 5.92 Å². The van der Waals surface area contributed by atoms with Crippen LogP contribution in [0.25, 0.3) is 0 Å². The molecule has 0 aliphatic carbocycles. The number of hydrogen-bond donors (Lipinski definition) is 4. The number of aromatic carboxylic acids is 1. The molecular formula is C13H20N2O5S. The minimum atomic E-state index is -4.06. The predicted molar refractivity (Wildman–Crippen MR) is 78.5 cm³/mol. The molecule has 0 saturated carbocycles. The van der Waals surface area contributed by atoms with Crippen molar-refractivity contribution in [1.29, 1.82) is 0 Å². The van der Waals surface area contributed by atoms with Gasteiger partial charge in [-0.1, -0.05) is 13.8 Å². The molecule has 8 heteroatoms. The van der Waals surface area contributed by atoms with E-state index in [0.717, 1.165) is 12.1 Å². The summed E-state index contributed by atoms with van der Waals surface area (Å²) < 4.78 is 26.5. The molecule has 1 aromatic rings. The summed E-state index contributed by atoms with van der Waals surface area (Å²) in [5.74, 6) is -1.15. The molecule has 118 valence electrons. The van der Waals surface area contributed by atoms with Gasteiger partial charge in [0.05, 0.1) is 16.6 Å². The van der Waals surface area contributed by atoms with Crippen LogP contribution < -0.4 is 10.5 Å². The smallest absolute Gasteiger partial charge is 0.337 e. The van der Waals surface area contributed by atoms with Crippen LogP contribution in [0, 0.1) is 5.92 Å². The Balaban J connectivity index is 2.98. The SMILES string of the molecule is CC(C)CC(O)CNS(=O)(=O)c1cc(N)ccc1C(=O)O. The summed E-state index contributed by atoms with van der Waals surface area (Å²) in [5, 5.41) is 18.7. The zero-order valence-corrected chi connectivity index (χ0v) is 12.7. The van der Waals surface area contributed by atoms with Crippen molar-refractivity contribution in [2.75, 3.05) is 12.3 Å². The van der Waals surface area contributed by atoms with E-state index in [0.29, 0.717) is 6.42 Å². The van der Waals surface area contributed by atoms with Gasteiger partial charge in [0, 0.05) is 12.2 Å². The van der Waals surface area contributed by atoms with Crippen molar-refractivity contribution in [3.8, 4) is 0 Å². The van der Waals surface area contributed by atoms with Crippen molar-refractivity contribution in [3.05, 3.63) is 23.8 Å². The van der Waals surface area contributed by atoms with Crippen LogP contribution in [0.5, 0.6) is 0 Å². The summed E-state index contributed by atoms with van der Waals surface area (Å²) in [6, 6.07) is 3.54.